The molecular weight excluding hydrogens is 455 g/mol. The summed E-state index contributed by atoms with van der Waals surface area (Å²) in [5, 5.41) is 12.9. The van der Waals surface area contributed by atoms with Crippen molar-refractivity contribution < 1.29 is 9.53 Å². The molecule has 1 heterocycles. The van der Waals surface area contributed by atoms with Crippen LogP contribution in [0.3, 0.4) is 0 Å². The van der Waals surface area contributed by atoms with Gasteiger partial charge in [0.25, 0.3) is 0 Å². The highest BCUT2D eigenvalue weighted by molar-refractivity contribution is 7.99. The van der Waals surface area contributed by atoms with Crippen molar-refractivity contribution in [2.45, 2.75) is 37.9 Å². The number of carbonyl (C=O) groups excluding carboxylic acids is 1. The van der Waals surface area contributed by atoms with E-state index < -0.39 is 0 Å². The summed E-state index contributed by atoms with van der Waals surface area (Å²) in [6.07, 6.45) is -0.390. The molecule has 1 aromatic heterocycles. The summed E-state index contributed by atoms with van der Waals surface area (Å²) < 4.78 is 7.72. The first-order valence-corrected chi connectivity index (χ1v) is 11.5. The summed E-state index contributed by atoms with van der Waals surface area (Å²) in [5.74, 6) is 1.70. The number of hydrogen-bond donors (Lipinski definition) is 1. The van der Waals surface area contributed by atoms with Crippen LogP contribution in [0.4, 0.5) is 5.69 Å². The Morgan fingerprint density at radius 3 is 2.48 bits per heavy atom. The van der Waals surface area contributed by atoms with E-state index in [4.69, 9.17) is 27.9 Å². The van der Waals surface area contributed by atoms with Crippen LogP contribution in [0.1, 0.15) is 44.2 Å². The predicted octanol–water partition coefficient (Wildman–Crippen LogP) is 6.12. The van der Waals surface area contributed by atoms with Crippen LogP contribution in [0.5, 0.6) is 5.75 Å². The summed E-state index contributed by atoms with van der Waals surface area (Å²) in [6, 6.07) is 12.9. The number of thioether (sulfide) groups is 1. The molecule has 0 spiro atoms. The molecule has 0 radical (unpaired) electrons. The standard InChI is InChI=1S/C22H24Cl2N4O2S/c1-13(2)15-5-8-17(9-6-15)25-20(29)12-31-22-27-26-21(28(22)4)14(3)30-19-10-7-16(23)11-18(19)24/h5-11,13-14H,12H2,1-4H3,(H,25,29). The van der Waals surface area contributed by atoms with E-state index >= 15 is 0 Å². The Kier molecular flexibility index (Phi) is 7.86. The van der Waals surface area contributed by atoms with E-state index in [0.717, 1.165) is 5.69 Å². The number of hydrogen-bond acceptors (Lipinski definition) is 5. The number of ether oxygens (including phenoxy) is 1. The molecule has 1 N–H and O–H groups in total. The summed E-state index contributed by atoms with van der Waals surface area (Å²) in [6.45, 7) is 6.13. The minimum atomic E-state index is -0.390. The van der Waals surface area contributed by atoms with Crippen molar-refractivity contribution in [3.05, 3.63) is 63.9 Å². The van der Waals surface area contributed by atoms with Gasteiger partial charge in [-0.1, -0.05) is 60.9 Å². The molecule has 0 saturated heterocycles. The third kappa shape index (κ3) is 6.15. The second-order valence-electron chi connectivity index (χ2n) is 7.35. The van der Waals surface area contributed by atoms with E-state index in [1.54, 1.807) is 18.2 Å². The molecule has 1 atom stereocenters. The lowest BCUT2D eigenvalue weighted by molar-refractivity contribution is -0.113. The van der Waals surface area contributed by atoms with Gasteiger partial charge in [-0.3, -0.25) is 4.79 Å². The molecule has 31 heavy (non-hydrogen) atoms. The average molecular weight is 479 g/mol. The van der Waals surface area contributed by atoms with Crippen molar-refractivity contribution in [1.29, 1.82) is 0 Å². The van der Waals surface area contributed by atoms with Gasteiger partial charge in [0, 0.05) is 17.8 Å². The third-order valence-electron chi connectivity index (χ3n) is 4.62. The second kappa shape index (κ2) is 10.4. The lowest BCUT2D eigenvalue weighted by Crippen LogP contribution is -2.15. The van der Waals surface area contributed by atoms with Crippen LogP contribution in [-0.2, 0) is 11.8 Å². The molecule has 0 bridgehead atoms. The number of rotatable bonds is 8. The maximum Gasteiger partial charge on any atom is 0.234 e. The lowest BCUT2D eigenvalue weighted by Gasteiger charge is -2.15. The Morgan fingerprint density at radius 1 is 1.13 bits per heavy atom. The van der Waals surface area contributed by atoms with E-state index in [0.29, 0.717) is 32.7 Å². The molecule has 3 aromatic rings. The first-order chi connectivity index (χ1) is 14.7. The lowest BCUT2D eigenvalue weighted by atomic mass is 10.0. The topological polar surface area (TPSA) is 69.0 Å². The highest BCUT2D eigenvalue weighted by Crippen LogP contribution is 2.31. The van der Waals surface area contributed by atoms with Crippen LogP contribution in [0.2, 0.25) is 10.0 Å². The molecule has 1 unspecified atom stereocenters. The predicted molar refractivity (Wildman–Crippen MR) is 126 cm³/mol. The highest BCUT2D eigenvalue weighted by atomic mass is 35.5. The summed E-state index contributed by atoms with van der Waals surface area (Å²) >= 11 is 13.4. The van der Waals surface area contributed by atoms with Gasteiger partial charge in [0.05, 0.1) is 10.8 Å². The molecule has 2 aromatic carbocycles. The fourth-order valence-electron chi connectivity index (χ4n) is 2.90. The molecule has 0 saturated carbocycles. The van der Waals surface area contributed by atoms with Crippen LogP contribution >= 0.6 is 35.0 Å². The summed E-state index contributed by atoms with van der Waals surface area (Å²) in [5.41, 5.74) is 2.01. The van der Waals surface area contributed by atoms with Crippen molar-refractivity contribution in [1.82, 2.24) is 14.8 Å². The largest absolute Gasteiger partial charge is 0.481 e. The van der Waals surface area contributed by atoms with Crippen molar-refractivity contribution in [2.75, 3.05) is 11.1 Å². The maximum atomic E-state index is 12.3. The summed E-state index contributed by atoms with van der Waals surface area (Å²) in [7, 11) is 1.84. The van der Waals surface area contributed by atoms with E-state index in [1.807, 2.05) is 42.8 Å². The van der Waals surface area contributed by atoms with Gasteiger partial charge < -0.3 is 14.6 Å². The monoisotopic (exact) mass is 478 g/mol. The van der Waals surface area contributed by atoms with E-state index in [1.165, 1.54) is 17.3 Å². The first kappa shape index (κ1) is 23.4. The quantitative estimate of drug-likeness (QED) is 0.395. The number of anilines is 1. The first-order valence-electron chi connectivity index (χ1n) is 9.78. The zero-order valence-corrected chi connectivity index (χ0v) is 20.1. The van der Waals surface area contributed by atoms with E-state index in [2.05, 4.69) is 29.4 Å². The number of nitrogens with one attached hydrogen (secondary N) is 1. The van der Waals surface area contributed by atoms with E-state index in [9.17, 15) is 4.79 Å². The van der Waals surface area contributed by atoms with Gasteiger partial charge in [-0.25, -0.2) is 0 Å². The Balaban J connectivity index is 1.57. The molecule has 1 amide bonds. The van der Waals surface area contributed by atoms with Crippen LogP contribution in [0.15, 0.2) is 47.6 Å². The molecular formula is C22H24Cl2N4O2S. The van der Waals surface area contributed by atoms with Gasteiger partial charge in [-0.15, -0.1) is 10.2 Å². The molecule has 0 aliphatic rings. The Hall–Kier alpha value is -2.22. The number of nitrogens with zero attached hydrogens (tertiary/aromatic N) is 3. The van der Waals surface area contributed by atoms with Crippen LogP contribution in [-0.4, -0.2) is 26.4 Å². The van der Waals surface area contributed by atoms with Crippen molar-refractivity contribution in [3.8, 4) is 5.75 Å². The minimum Gasteiger partial charge on any atom is -0.481 e. The molecule has 0 fully saturated rings. The fourth-order valence-corrected chi connectivity index (χ4v) is 4.07. The fraction of sp³-hybridized carbons (Fsp3) is 0.318. The number of carbonyl (C=O) groups is 1. The average Bonchev–Trinajstić information content (AvgIpc) is 3.09. The Bertz CT molecular complexity index is 1050. The van der Waals surface area contributed by atoms with Gasteiger partial charge in [0.15, 0.2) is 17.1 Å². The van der Waals surface area contributed by atoms with Gasteiger partial charge in [0.2, 0.25) is 5.91 Å². The van der Waals surface area contributed by atoms with Gasteiger partial charge in [-0.05, 0) is 48.7 Å². The second-order valence-corrected chi connectivity index (χ2v) is 9.13. The van der Waals surface area contributed by atoms with Crippen molar-refractivity contribution in [3.63, 3.8) is 0 Å². The minimum absolute atomic E-state index is 0.107. The van der Waals surface area contributed by atoms with Gasteiger partial charge >= 0.3 is 0 Å². The van der Waals surface area contributed by atoms with Crippen molar-refractivity contribution in [2.24, 2.45) is 7.05 Å². The molecule has 3 rings (SSSR count). The van der Waals surface area contributed by atoms with Crippen LogP contribution < -0.4 is 10.1 Å². The van der Waals surface area contributed by atoms with Crippen LogP contribution in [0, 0.1) is 0 Å². The van der Waals surface area contributed by atoms with Crippen LogP contribution in [0.25, 0.3) is 0 Å². The van der Waals surface area contributed by atoms with Crippen molar-refractivity contribution >= 4 is 46.6 Å². The number of benzene rings is 2. The highest BCUT2D eigenvalue weighted by Gasteiger charge is 2.19. The maximum absolute atomic E-state index is 12.3. The molecule has 164 valence electrons. The Labute approximate surface area is 196 Å². The zero-order chi connectivity index (χ0) is 22.5. The van der Waals surface area contributed by atoms with E-state index in [-0.39, 0.29) is 17.8 Å². The zero-order valence-electron chi connectivity index (χ0n) is 17.7. The number of aromatic nitrogens is 3. The molecule has 0 aliphatic carbocycles. The summed E-state index contributed by atoms with van der Waals surface area (Å²) in [4.78, 5) is 12.3. The number of halogens is 2. The van der Waals surface area contributed by atoms with Gasteiger partial charge in [0.1, 0.15) is 5.75 Å². The third-order valence-corrected chi connectivity index (χ3v) is 6.17. The smallest absolute Gasteiger partial charge is 0.234 e. The molecule has 0 aliphatic heterocycles. The number of amides is 1. The SMILES string of the molecule is CC(C)c1ccc(NC(=O)CSc2nnc(C(C)Oc3ccc(Cl)cc3Cl)n2C)cc1. The Morgan fingerprint density at radius 2 is 1.84 bits per heavy atom. The molecule has 6 nitrogen and oxygen atoms in total. The normalized spacial score (nSPS) is 12.1. The molecule has 9 heteroatoms. The van der Waals surface area contributed by atoms with Gasteiger partial charge in [-0.2, -0.15) is 0 Å².